The van der Waals surface area contributed by atoms with Gasteiger partial charge in [0.1, 0.15) is 5.75 Å². The van der Waals surface area contributed by atoms with E-state index in [1.54, 1.807) is 43.6 Å². The minimum atomic E-state index is -0.215. The number of nitrogens with two attached hydrogens (primary N) is 1. The molecule has 6 heteroatoms. The van der Waals surface area contributed by atoms with Crippen molar-refractivity contribution in [3.05, 3.63) is 48.2 Å². The number of pyridine rings is 1. The van der Waals surface area contributed by atoms with Gasteiger partial charge in [0.25, 0.3) is 5.91 Å². The van der Waals surface area contributed by atoms with E-state index in [1.165, 1.54) is 0 Å². The van der Waals surface area contributed by atoms with E-state index < -0.39 is 0 Å². The highest BCUT2D eigenvalue weighted by atomic mass is 16.5. The predicted octanol–water partition coefficient (Wildman–Crippen LogP) is 1.37. The number of anilines is 1. The van der Waals surface area contributed by atoms with Crippen molar-refractivity contribution in [3.63, 3.8) is 0 Å². The summed E-state index contributed by atoms with van der Waals surface area (Å²) in [5.74, 6) is 0.863. The second-order valence-electron chi connectivity index (χ2n) is 4.34. The van der Waals surface area contributed by atoms with Gasteiger partial charge in [-0.1, -0.05) is 6.07 Å². The Labute approximate surface area is 122 Å². The van der Waals surface area contributed by atoms with Crippen LogP contribution >= 0.6 is 0 Å². The maximum atomic E-state index is 11.7. The Bertz CT molecular complexity index is 617. The number of aromatic nitrogens is 1. The first-order valence-corrected chi connectivity index (χ1v) is 6.41. The molecule has 110 valence electrons. The normalized spacial score (nSPS) is 9.95. The summed E-state index contributed by atoms with van der Waals surface area (Å²) in [5, 5.41) is 2.76. The number of amides is 1. The highest BCUT2D eigenvalue weighted by Gasteiger charge is 2.04. The highest BCUT2D eigenvalue weighted by molar-refractivity contribution is 5.77. The first-order chi connectivity index (χ1) is 10.2. The van der Waals surface area contributed by atoms with Gasteiger partial charge in [0.15, 0.2) is 6.61 Å². The molecule has 1 heterocycles. The molecule has 0 aliphatic carbocycles. The third-order valence-corrected chi connectivity index (χ3v) is 2.73. The number of rotatable bonds is 6. The van der Waals surface area contributed by atoms with E-state index in [0.29, 0.717) is 23.9 Å². The van der Waals surface area contributed by atoms with Crippen molar-refractivity contribution in [2.24, 2.45) is 0 Å². The largest absolute Gasteiger partial charge is 0.484 e. The molecule has 2 aromatic rings. The molecule has 0 fully saturated rings. The molecule has 0 radical (unpaired) electrons. The van der Waals surface area contributed by atoms with E-state index in [1.807, 2.05) is 6.07 Å². The lowest BCUT2D eigenvalue weighted by atomic mass is 10.2. The first kappa shape index (κ1) is 14.6. The average Bonchev–Trinajstić information content (AvgIpc) is 2.51. The third kappa shape index (κ3) is 4.68. The van der Waals surface area contributed by atoms with Crippen LogP contribution in [0.4, 0.5) is 5.69 Å². The average molecular weight is 287 g/mol. The Kier molecular flexibility index (Phi) is 4.98. The summed E-state index contributed by atoms with van der Waals surface area (Å²) < 4.78 is 10.4. The van der Waals surface area contributed by atoms with E-state index in [9.17, 15) is 4.79 Å². The smallest absolute Gasteiger partial charge is 0.258 e. The minimum Gasteiger partial charge on any atom is -0.484 e. The summed E-state index contributed by atoms with van der Waals surface area (Å²) in [6, 6.07) is 10.5. The minimum absolute atomic E-state index is 0.0638. The molecule has 1 aromatic carbocycles. The Morgan fingerprint density at radius 2 is 2.19 bits per heavy atom. The van der Waals surface area contributed by atoms with E-state index in [0.717, 1.165) is 5.56 Å². The standard InChI is InChI=1S/C15H17N3O3/c1-20-15-7-11(5-6-17-15)9-18-14(19)10-21-13-4-2-3-12(16)8-13/h2-8H,9-10,16H2,1H3,(H,18,19). The van der Waals surface area contributed by atoms with E-state index in [4.69, 9.17) is 15.2 Å². The van der Waals surface area contributed by atoms with Gasteiger partial charge in [0.2, 0.25) is 5.88 Å². The van der Waals surface area contributed by atoms with Crippen molar-refractivity contribution in [3.8, 4) is 11.6 Å². The van der Waals surface area contributed by atoms with Crippen LogP contribution in [-0.2, 0) is 11.3 Å². The lowest BCUT2D eigenvalue weighted by Crippen LogP contribution is -2.28. The number of nitrogens with one attached hydrogen (secondary N) is 1. The lowest BCUT2D eigenvalue weighted by molar-refractivity contribution is -0.123. The summed E-state index contributed by atoms with van der Waals surface area (Å²) in [5.41, 5.74) is 7.12. The molecule has 0 saturated heterocycles. The number of carbonyl (C=O) groups excluding carboxylic acids is 1. The Morgan fingerprint density at radius 3 is 2.95 bits per heavy atom. The molecule has 0 unspecified atom stereocenters. The molecule has 6 nitrogen and oxygen atoms in total. The van der Waals surface area contributed by atoms with Crippen LogP contribution in [0.15, 0.2) is 42.6 Å². The van der Waals surface area contributed by atoms with Gasteiger partial charge in [-0.25, -0.2) is 4.98 Å². The zero-order valence-corrected chi connectivity index (χ0v) is 11.7. The van der Waals surface area contributed by atoms with Crippen LogP contribution in [0, 0.1) is 0 Å². The van der Waals surface area contributed by atoms with Gasteiger partial charge in [0.05, 0.1) is 7.11 Å². The molecule has 0 aliphatic rings. The molecule has 1 aromatic heterocycles. The molecule has 3 N–H and O–H groups in total. The van der Waals surface area contributed by atoms with Gasteiger partial charge in [-0.15, -0.1) is 0 Å². The van der Waals surface area contributed by atoms with Crippen molar-refractivity contribution in [2.45, 2.75) is 6.54 Å². The molecule has 0 bridgehead atoms. The second-order valence-corrected chi connectivity index (χ2v) is 4.34. The molecule has 21 heavy (non-hydrogen) atoms. The molecule has 0 atom stereocenters. The van der Waals surface area contributed by atoms with Crippen molar-refractivity contribution in [1.29, 1.82) is 0 Å². The molecule has 0 spiro atoms. The zero-order valence-electron chi connectivity index (χ0n) is 11.7. The fourth-order valence-electron chi connectivity index (χ4n) is 1.68. The number of methoxy groups -OCH3 is 1. The van der Waals surface area contributed by atoms with Crippen molar-refractivity contribution in [1.82, 2.24) is 10.3 Å². The van der Waals surface area contributed by atoms with Crippen molar-refractivity contribution in [2.75, 3.05) is 19.5 Å². The Morgan fingerprint density at radius 1 is 1.33 bits per heavy atom. The second kappa shape index (κ2) is 7.14. The van der Waals surface area contributed by atoms with Crippen LogP contribution in [0.5, 0.6) is 11.6 Å². The molecule has 2 rings (SSSR count). The van der Waals surface area contributed by atoms with Crippen LogP contribution in [0.25, 0.3) is 0 Å². The van der Waals surface area contributed by atoms with Crippen molar-refractivity contribution < 1.29 is 14.3 Å². The molecule has 0 saturated carbocycles. The van der Waals surface area contributed by atoms with Crippen LogP contribution in [0.3, 0.4) is 0 Å². The number of benzene rings is 1. The highest BCUT2D eigenvalue weighted by Crippen LogP contribution is 2.14. The molecule has 0 aliphatic heterocycles. The monoisotopic (exact) mass is 287 g/mol. The summed E-state index contributed by atoms with van der Waals surface area (Å²) in [6.07, 6.45) is 1.63. The van der Waals surface area contributed by atoms with Crippen LogP contribution < -0.4 is 20.5 Å². The third-order valence-electron chi connectivity index (χ3n) is 2.73. The Hall–Kier alpha value is -2.76. The van der Waals surface area contributed by atoms with E-state index in [-0.39, 0.29) is 12.5 Å². The number of nitrogen functional groups attached to an aromatic ring is 1. The number of carbonyl (C=O) groups is 1. The number of hydrogen-bond donors (Lipinski definition) is 2. The van der Waals surface area contributed by atoms with Gasteiger partial charge in [-0.05, 0) is 23.8 Å². The van der Waals surface area contributed by atoms with Crippen molar-refractivity contribution >= 4 is 11.6 Å². The van der Waals surface area contributed by atoms with E-state index >= 15 is 0 Å². The summed E-state index contributed by atoms with van der Waals surface area (Å²) in [6.45, 7) is 0.323. The molecular formula is C15H17N3O3. The van der Waals surface area contributed by atoms with Gasteiger partial charge in [0, 0.05) is 30.6 Å². The van der Waals surface area contributed by atoms with Gasteiger partial charge >= 0.3 is 0 Å². The maximum absolute atomic E-state index is 11.7. The number of nitrogens with zero attached hydrogens (tertiary/aromatic N) is 1. The molecular weight excluding hydrogens is 270 g/mol. The maximum Gasteiger partial charge on any atom is 0.258 e. The van der Waals surface area contributed by atoms with E-state index in [2.05, 4.69) is 10.3 Å². The lowest BCUT2D eigenvalue weighted by Gasteiger charge is -2.08. The van der Waals surface area contributed by atoms with Crippen LogP contribution in [0.2, 0.25) is 0 Å². The zero-order chi connectivity index (χ0) is 15.1. The van der Waals surface area contributed by atoms with Gasteiger partial charge < -0.3 is 20.5 Å². The summed E-state index contributed by atoms with van der Waals surface area (Å²) >= 11 is 0. The summed E-state index contributed by atoms with van der Waals surface area (Å²) in [4.78, 5) is 15.7. The number of hydrogen-bond acceptors (Lipinski definition) is 5. The van der Waals surface area contributed by atoms with Gasteiger partial charge in [-0.2, -0.15) is 0 Å². The van der Waals surface area contributed by atoms with Gasteiger partial charge in [-0.3, -0.25) is 4.79 Å². The van der Waals surface area contributed by atoms with Crippen LogP contribution in [0.1, 0.15) is 5.56 Å². The summed E-state index contributed by atoms with van der Waals surface area (Å²) in [7, 11) is 1.55. The predicted molar refractivity (Wildman–Crippen MR) is 79.0 cm³/mol. The SMILES string of the molecule is COc1cc(CNC(=O)COc2cccc(N)c2)ccn1. The fourth-order valence-corrected chi connectivity index (χ4v) is 1.68. The molecule has 1 amide bonds. The fraction of sp³-hybridized carbons (Fsp3) is 0.200. The van der Waals surface area contributed by atoms with Crippen LogP contribution in [-0.4, -0.2) is 24.6 Å². The topological polar surface area (TPSA) is 86.5 Å². The number of ether oxygens (including phenoxy) is 2. The quantitative estimate of drug-likeness (QED) is 0.784. The Balaban J connectivity index is 1.79. The first-order valence-electron chi connectivity index (χ1n) is 6.41.